The van der Waals surface area contributed by atoms with E-state index < -0.39 is 0 Å². The van der Waals surface area contributed by atoms with Crippen LogP contribution >= 0.6 is 0 Å². The third kappa shape index (κ3) is 2.36. The summed E-state index contributed by atoms with van der Waals surface area (Å²) in [4.78, 5) is 4.27. The third-order valence-corrected chi connectivity index (χ3v) is 2.82. The van der Waals surface area contributed by atoms with Crippen LogP contribution in [-0.4, -0.2) is 10.1 Å². The number of rotatable bonds is 3. The van der Waals surface area contributed by atoms with Crippen molar-refractivity contribution in [3.63, 3.8) is 0 Å². The van der Waals surface area contributed by atoms with Gasteiger partial charge in [-0.3, -0.25) is 0 Å². The van der Waals surface area contributed by atoms with Crippen molar-refractivity contribution in [2.45, 2.75) is 33.2 Å². The highest BCUT2D eigenvalue weighted by Crippen LogP contribution is 2.21. The zero-order valence-electron chi connectivity index (χ0n) is 10.4. The van der Waals surface area contributed by atoms with Gasteiger partial charge in [-0.05, 0) is 25.0 Å². The largest absolute Gasteiger partial charge is 0.339 e. The molecule has 1 aromatic carbocycles. The molecule has 2 rings (SSSR count). The van der Waals surface area contributed by atoms with E-state index in [1.165, 1.54) is 5.56 Å². The van der Waals surface area contributed by atoms with Crippen molar-refractivity contribution < 1.29 is 4.52 Å². The van der Waals surface area contributed by atoms with E-state index >= 15 is 0 Å². The predicted molar refractivity (Wildman–Crippen MR) is 65.6 cm³/mol. The maximum Gasteiger partial charge on any atom is 0.226 e. The Hall–Kier alpha value is -1.68. The molecule has 0 fully saturated rings. The molecule has 90 valence electrons. The molecule has 2 aromatic rings. The summed E-state index contributed by atoms with van der Waals surface area (Å²) >= 11 is 0. The lowest BCUT2D eigenvalue weighted by Crippen LogP contribution is -2.15. The Labute approximate surface area is 101 Å². The van der Waals surface area contributed by atoms with E-state index in [2.05, 4.69) is 23.1 Å². The first-order chi connectivity index (χ1) is 8.11. The molecule has 1 atom stereocenters. The van der Waals surface area contributed by atoms with Gasteiger partial charge in [-0.25, -0.2) is 0 Å². The zero-order valence-corrected chi connectivity index (χ0v) is 10.4. The highest BCUT2D eigenvalue weighted by atomic mass is 16.5. The molecule has 1 heterocycles. The van der Waals surface area contributed by atoms with Crippen LogP contribution in [0.2, 0.25) is 0 Å². The average molecular weight is 231 g/mol. The highest BCUT2D eigenvalue weighted by molar-refractivity contribution is 5.35. The van der Waals surface area contributed by atoms with Crippen molar-refractivity contribution in [2.24, 2.45) is 5.73 Å². The molecular formula is C13H17N3O. The number of hydrogen-bond donors (Lipinski definition) is 1. The van der Waals surface area contributed by atoms with Gasteiger partial charge in [0.15, 0.2) is 5.82 Å². The van der Waals surface area contributed by atoms with E-state index in [0.717, 1.165) is 17.5 Å². The summed E-state index contributed by atoms with van der Waals surface area (Å²) in [6.45, 7) is 6.08. The quantitative estimate of drug-likeness (QED) is 0.880. The monoisotopic (exact) mass is 231 g/mol. The SMILES string of the molecule is CCc1nc(C(N)c2ccc(C)cc2C)no1. The topological polar surface area (TPSA) is 64.9 Å². The van der Waals surface area contributed by atoms with E-state index in [9.17, 15) is 0 Å². The van der Waals surface area contributed by atoms with Gasteiger partial charge in [-0.15, -0.1) is 0 Å². The van der Waals surface area contributed by atoms with Gasteiger partial charge >= 0.3 is 0 Å². The lowest BCUT2D eigenvalue weighted by atomic mass is 9.99. The summed E-state index contributed by atoms with van der Waals surface area (Å²) in [5, 5.41) is 3.92. The van der Waals surface area contributed by atoms with Crippen molar-refractivity contribution in [1.82, 2.24) is 10.1 Å². The van der Waals surface area contributed by atoms with Crippen LogP contribution in [0.4, 0.5) is 0 Å². The first kappa shape index (κ1) is 11.8. The van der Waals surface area contributed by atoms with Crippen molar-refractivity contribution in [3.8, 4) is 0 Å². The van der Waals surface area contributed by atoms with Crippen molar-refractivity contribution in [1.29, 1.82) is 0 Å². The first-order valence-electron chi connectivity index (χ1n) is 5.77. The van der Waals surface area contributed by atoms with Crippen LogP contribution in [0, 0.1) is 13.8 Å². The molecule has 0 aliphatic heterocycles. The smallest absolute Gasteiger partial charge is 0.226 e. The minimum Gasteiger partial charge on any atom is -0.339 e. The minimum atomic E-state index is -0.320. The Morgan fingerprint density at radius 1 is 1.35 bits per heavy atom. The zero-order chi connectivity index (χ0) is 12.4. The number of nitrogens with zero attached hydrogens (tertiary/aromatic N) is 2. The van der Waals surface area contributed by atoms with Crippen molar-refractivity contribution in [3.05, 3.63) is 46.6 Å². The fraction of sp³-hybridized carbons (Fsp3) is 0.385. The van der Waals surface area contributed by atoms with Gasteiger partial charge in [0, 0.05) is 6.42 Å². The average Bonchev–Trinajstić information content (AvgIpc) is 2.76. The van der Waals surface area contributed by atoms with Crippen LogP contribution in [0.3, 0.4) is 0 Å². The fourth-order valence-corrected chi connectivity index (χ4v) is 1.85. The predicted octanol–water partition coefficient (Wildman–Crippen LogP) is 2.30. The van der Waals surface area contributed by atoms with Crippen LogP contribution in [0.5, 0.6) is 0 Å². The summed E-state index contributed by atoms with van der Waals surface area (Å²) in [6.07, 6.45) is 0.729. The molecule has 0 aliphatic rings. The van der Waals surface area contributed by atoms with Crippen LogP contribution < -0.4 is 5.73 Å². The van der Waals surface area contributed by atoms with E-state index in [0.29, 0.717) is 11.7 Å². The number of aromatic nitrogens is 2. The maximum absolute atomic E-state index is 6.15. The Balaban J connectivity index is 2.33. The lowest BCUT2D eigenvalue weighted by molar-refractivity contribution is 0.375. The Bertz CT molecular complexity index is 519. The summed E-state index contributed by atoms with van der Waals surface area (Å²) in [5.41, 5.74) is 9.57. The molecule has 0 saturated heterocycles. The highest BCUT2D eigenvalue weighted by Gasteiger charge is 2.17. The van der Waals surface area contributed by atoms with E-state index in [1.807, 2.05) is 26.0 Å². The number of benzene rings is 1. The Morgan fingerprint density at radius 3 is 2.71 bits per heavy atom. The van der Waals surface area contributed by atoms with Gasteiger partial charge in [0.1, 0.15) is 0 Å². The van der Waals surface area contributed by atoms with Crippen molar-refractivity contribution in [2.75, 3.05) is 0 Å². The van der Waals surface area contributed by atoms with Gasteiger partial charge in [0.25, 0.3) is 0 Å². The molecule has 0 amide bonds. The summed E-state index contributed by atoms with van der Waals surface area (Å²) in [7, 11) is 0. The van der Waals surface area contributed by atoms with Gasteiger partial charge < -0.3 is 10.3 Å². The minimum absolute atomic E-state index is 0.320. The van der Waals surface area contributed by atoms with Crippen LogP contribution in [0.15, 0.2) is 22.7 Å². The van der Waals surface area contributed by atoms with Crippen LogP contribution in [0.1, 0.15) is 41.4 Å². The molecule has 0 bridgehead atoms. The molecule has 0 radical (unpaired) electrons. The van der Waals surface area contributed by atoms with Gasteiger partial charge in [0.05, 0.1) is 6.04 Å². The normalized spacial score (nSPS) is 12.7. The molecule has 1 unspecified atom stereocenters. The fourth-order valence-electron chi connectivity index (χ4n) is 1.85. The third-order valence-electron chi connectivity index (χ3n) is 2.82. The number of nitrogens with two attached hydrogens (primary N) is 1. The summed E-state index contributed by atoms with van der Waals surface area (Å²) in [5.74, 6) is 1.18. The second-order valence-corrected chi connectivity index (χ2v) is 4.24. The molecule has 4 heteroatoms. The second-order valence-electron chi connectivity index (χ2n) is 4.24. The standard InChI is InChI=1S/C13H17N3O/c1-4-11-15-13(16-17-11)12(14)10-6-5-8(2)7-9(10)3/h5-7,12H,4,14H2,1-3H3. The molecule has 4 nitrogen and oxygen atoms in total. The molecule has 1 aromatic heterocycles. The van der Waals surface area contributed by atoms with Gasteiger partial charge in [0.2, 0.25) is 5.89 Å². The lowest BCUT2D eigenvalue weighted by Gasteiger charge is -2.11. The number of aryl methyl sites for hydroxylation is 3. The molecule has 17 heavy (non-hydrogen) atoms. The van der Waals surface area contributed by atoms with E-state index in [1.54, 1.807) is 0 Å². The first-order valence-corrected chi connectivity index (χ1v) is 5.77. The Kier molecular flexibility index (Phi) is 3.24. The maximum atomic E-state index is 6.15. The summed E-state index contributed by atoms with van der Waals surface area (Å²) < 4.78 is 5.08. The van der Waals surface area contributed by atoms with Crippen LogP contribution in [-0.2, 0) is 6.42 Å². The van der Waals surface area contributed by atoms with Crippen LogP contribution in [0.25, 0.3) is 0 Å². The molecule has 0 saturated carbocycles. The number of hydrogen-bond acceptors (Lipinski definition) is 4. The van der Waals surface area contributed by atoms with E-state index in [-0.39, 0.29) is 6.04 Å². The van der Waals surface area contributed by atoms with Gasteiger partial charge in [-0.1, -0.05) is 35.8 Å². The second kappa shape index (κ2) is 4.67. The molecule has 2 N–H and O–H groups in total. The molecular weight excluding hydrogens is 214 g/mol. The van der Waals surface area contributed by atoms with Gasteiger partial charge in [-0.2, -0.15) is 4.98 Å². The molecule has 0 aliphatic carbocycles. The Morgan fingerprint density at radius 2 is 2.12 bits per heavy atom. The van der Waals surface area contributed by atoms with E-state index in [4.69, 9.17) is 10.3 Å². The molecule has 0 spiro atoms. The van der Waals surface area contributed by atoms with Crippen molar-refractivity contribution >= 4 is 0 Å². The summed E-state index contributed by atoms with van der Waals surface area (Å²) in [6, 6.07) is 5.86.